The number of amides is 1. The minimum atomic E-state index is -4.46. The Kier molecular flexibility index (Phi) is 9.76. The molecule has 0 saturated carbocycles. The summed E-state index contributed by atoms with van der Waals surface area (Å²) in [6.07, 6.45) is 0.419. The van der Waals surface area contributed by atoms with Gasteiger partial charge in [-0.1, -0.05) is 12.5 Å². The maximum atomic E-state index is 13.3. The molecule has 3 N–H and O–H groups in total. The molecule has 0 aliphatic carbocycles. The Morgan fingerprint density at radius 2 is 1.45 bits per heavy atom. The number of nitrogens with zero attached hydrogens (tertiary/aromatic N) is 5. The summed E-state index contributed by atoms with van der Waals surface area (Å²) in [5.41, 5.74) is 0.134. The SMILES string of the molecule is CCC(CCc1c(C#N)[nH]n(-c2ccc(S(=O)(=O)O)cc2)c1=O)=C1C(=O)N(c2ccc(S(=O)(=O)O)cc2)N=C1C#N.[H-].[Na+]. The van der Waals surface area contributed by atoms with Crippen molar-refractivity contribution in [1.29, 1.82) is 10.5 Å². The molecule has 1 aromatic heterocycles. The van der Waals surface area contributed by atoms with Crippen LogP contribution in [0.3, 0.4) is 0 Å². The van der Waals surface area contributed by atoms with Crippen LogP contribution in [0.2, 0.25) is 0 Å². The van der Waals surface area contributed by atoms with Gasteiger partial charge in [-0.3, -0.25) is 23.8 Å². The van der Waals surface area contributed by atoms with Crippen molar-refractivity contribution in [2.75, 3.05) is 5.01 Å². The van der Waals surface area contributed by atoms with E-state index in [1.807, 2.05) is 12.1 Å². The van der Waals surface area contributed by atoms with E-state index >= 15 is 0 Å². The summed E-state index contributed by atoms with van der Waals surface area (Å²) in [6, 6.07) is 13.2. The van der Waals surface area contributed by atoms with Crippen molar-refractivity contribution in [3.8, 4) is 17.8 Å². The third kappa shape index (κ3) is 6.45. The maximum Gasteiger partial charge on any atom is 1.00 e. The van der Waals surface area contributed by atoms with Crippen LogP contribution in [0.25, 0.3) is 5.69 Å². The smallest absolute Gasteiger partial charge is 1.00 e. The Morgan fingerprint density at radius 1 is 0.929 bits per heavy atom. The van der Waals surface area contributed by atoms with Crippen LogP contribution in [0, 0.1) is 22.7 Å². The molecule has 2 aromatic carbocycles. The first-order valence-corrected chi connectivity index (χ1v) is 14.6. The van der Waals surface area contributed by atoms with Crippen molar-refractivity contribution in [3.05, 3.63) is 81.3 Å². The Hall–Kier alpha value is -3.87. The van der Waals surface area contributed by atoms with Gasteiger partial charge in [-0.05, 0) is 67.8 Å². The van der Waals surface area contributed by atoms with E-state index in [0.29, 0.717) is 12.0 Å². The topological polar surface area (TPSA) is 227 Å². The number of aromatic amines is 1. The first kappa shape index (κ1) is 32.6. The van der Waals surface area contributed by atoms with Crippen LogP contribution in [-0.2, 0) is 31.5 Å². The summed E-state index contributed by atoms with van der Waals surface area (Å²) < 4.78 is 64.6. The molecule has 0 bridgehead atoms. The normalized spacial score (nSPS) is 14.5. The second-order valence-electron chi connectivity index (χ2n) is 8.67. The van der Waals surface area contributed by atoms with Crippen molar-refractivity contribution in [2.24, 2.45) is 5.10 Å². The molecule has 0 unspecified atom stereocenters. The molecule has 1 amide bonds. The number of nitrogens with one attached hydrogen (secondary N) is 1. The number of carbonyl (C=O) groups excluding carboxylic acids is 1. The third-order valence-electron chi connectivity index (χ3n) is 6.28. The number of nitriles is 2. The van der Waals surface area contributed by atoms with Crippen LogP contribution < -0.4 is 40.1 Å². The Bertz CT molecular complexity index is 1990. The number of allylic oxidation sites excluding steroid dienone is 1. The van der Waals surface area contributed by atoms with Gasteiger partial charge in [0, 0.05) is 0 Å². The molecule has 1 aliphatic rings. The number of hydrogen-bond acceptors (Lipinski definition) is 9. The Labute approximate surface area is 263 Å². The van der Waals surface area contributed by atoms with Gasteiger partial charge >= 0.3 is 29.6 Å². The van der Waals surface area contributed by atoms with Crippen molar-refractivity contribution in [1.82, 2.24) is 9.78 Å². The van der Waals surface area contributed by atoms with Crippen LogP contribution in [0.15, 0.2) is 79.4 Å². The number of H-pyrrole nitrogens is 1. The average molecular weight is 621 g/mol. The largest absolute Gasteiger partial charge is 1.00 e. The molecule has 0 atom stereocenters. The molecule has 2 heterocycles. The molecule has 212 valence electrons. The zero-order valence-corrected chi connectivity index (χ0v) is 25.8. The molecular weight excluding hydrogens is 599 g/mol. The standard InChI is InChI=1S/C25H20N6O8S2.Na.H/c1-2-15(23-22(14-27)29-31(25(23)33)17-6-10-19(11-7-17)41(37,38)39)3-12-20-21(13-26)28-30(24(20)32)16-4-8-18(9-5-16)40(34,35)36;;/h4-11,28H,2-3,12H2,1H3,(H,34,35,36)(H,37,38,39);;/q;+1;-1. The summed E-state index contributed by atoms with van der Waals surface area (Å²) in [5, 5.41) is 26.9. The van der Waals surface area contributed by atoms with Gasteiger partial charge in [0.05, 0.1) is 32.3 Å². The molecule has 0 spiro atoms. The number of anilines is 1. The van der Waals surface area contributed by atoms with E-state index in [-0.39, 0.29) is 87.5 Å². The van der Waals surface area contributed by atoms with Gasteiger partial charge in [-0.15, -0.1) is 0 Å². The Morgan fingerprint density at radius 3 is 1.90 bits per heavy atom. The van der Waals surface area contributed by atoms with Gasteiger partial charge in [-0.25, -0.2) is 4.68 Å². The average Bonchev–Trinajstić information content (AvgIpc) is 3.44. The summed E-state index contributed by atoms with van der Waals surface area (Å²) in [6.45, 7) is 1.74. The molecule has 0 saturated heterocycles. The van der Waals surface area contributed by atoms with E-state index in [9.17, 15) is 41.5 Å². The second-order valence-corrected chi connectivity index (χ2v) is 11.5. The quantitative estimate of drug-likeness (QED) is 0.162. The summed E-state index contributed by atoms with van der Waals surface area (Å²) in [7, 11) is -8.90. The monoisotopic (exact) mass is 620 g/mol. The maximum absolute atomic E-state index is 13.3. The third-order valence-corrected chi connectivity index (χ3v) is 8.01. The van der Waals surface area contributed by atoms with Gasteiger partial charge in [0.2, 0.25) is 0 Å². The first-order chi connectivity index (χ1) is 19.3. The van der Waals surface area contributed by atoms with Gasteiger partial charge in [-0.2, -0.15) is 37.5 Å². The number of benzene rings is 2. The van der Waals surface area contributed by atoms with Crippen molar-refractivity contribution < 1.29 is 61.7 Å². The Balaban J connectivity index is 0.00000323. The molecule has 4 rings (SSSR count). The van der Waals surface area contributed by atoms with E-state index in [0.717, 1.165) is 34.0 Å². The minimum absolute atomic E-state index is 0. The predicted molar refractivity (Wildman–Crippen MR) is 144 cm³/mol. The zero-order valence-electron chi connectivity index (χ0n) is 23.1. The van der Waals surface area contributed by atoms with Crippen LogP contribution in [0.4, 0.5) is 5.69 Å². The number of carbonyl (C=O) groups is 1. The van der Waals surface area contributed by atoms with Gasteiger partial charge in [0.15, 0.2) is 5.71 Å². The number of hydrazone groups is 1. The summed E-state index contributed by atoms with van der Waals surface area (Å²) >= 11 is 0. The molecule has 0 radical (unpaired) electrons. The van der Waals surface area contributed by atoms with Crippen LogP contribution in [0.5, 0.6) is 0 Å². The minimum Gasteiger partial charge on any atom is -1.00 e. The number of rotatable bonds is 8. The van der Waals surface area contributed by atoms with Crippen molar-refractivity contribution in [2.45, 2.75) is 36.0 Å². The fourth-order valence-corrected chi connectivity index (χ4v) is 5.19. The molecule has 0 fully saturated rings. The van der Waals surface area contributed by atoms with Gasteiger partial charge in [0.25, 0.3) is 31.7 Å². The van der Waals surface area contributed by atoms with Crippen LogP contribution in [-0.4, -0.2) is 47.3 Å². The molecule has 42 heavy (non-hydrogen) atoms. The van der Waals surface area contributed by atoms with Crippen LogP contribution in [0.1, 0.15) is 32.4 Å². The number of hydrogen-bond donors (Lipinski definition) is 3. The van der Waals surface area contributed by atoms with Gasteiger partial charge in [0.1, 0.15) is 17.8 Å². The molecular formula is C25H21N6NaO8S2. The molecule has 17 heteroatoms. The predicted octanol–water partition coefficient (Wildman–Crippen LogP) is -0.787. The van der Waals surface area contributed by atoms with Crippen molar-refractivity contribution >= 4 is 37.5 Å². The summed E-state index contributed by atoms with van der Waals surface area (Å²) in [5.74, 6) is -0.649. The van der Waals surface area contributed by atoms with E-state index in [4.69, 9.17) is 4.55 Å². The number of aromatic nitrogens is 2. The summed E-state index contributed by atoms with van der Waals surface area (Å²) in [4.78, 5) is 25.7. The van der Waals surface area contributed by atoms with E-state index < -0.39 is 31.7 Å². The van der Waals surface area contributed by atoms with Crippen molar-refractivity contribution in [3.63, 3.8) is 0 Å². The molecule has 3 aromatic rings. The molecule has 1 aliphatic heterocycles. The van der Waals surface area contributed by atoms with E-state index in [2.05, 4.69) is 10.2 Å². The van der Waals surface area contributed by atoms with E-state index in [1.54, 1.807) is 6.92 Å². The fourth-order valence-electron chi connectivity index (χ4n) is 4.23. The second kappa shape index (κ2) is 12.6. The zero-order chi connectivity index (χ0) is 30.1. The fraction of sp³-hybridized carbons (Fsp3) is 0.160. The van der Waals surface area contributed by atoms with Crippen LogP contribution >= 0.6 is 0 Å². The van der Waals surface area contributed by atoms with E-state index in [1.165, 1.54) is 24.3 Å². The first-order valence-electron chi connectivity index (χ1n) is 11.7. The molecule has 14 nitrogen and oxygen atoms in total. The van der Waals surface area contributed by atoms with Gasteiger partial charge < -0.3 is 1.43 Å².